The Labute approximate surface area is 209 Å². The summed E-state index contributed by atoms with van der Waals surface area (Å²) in [4.78, 5) is 19.4. The summed E-state index contributed by atoms with van der Waals surface area (Å²) in [5, 5.41) is 14.6. The Kier molecular flexibility index (Phi) is 5.38. The van der Waals surface area contributed by atoms with Crippen molar-refractivity contribution in [3.8, 4) is 28.5 Å². The highest BCUT2D eigenvalue weighted by Gasteiger charge is 2.26. The van der Waals surface area contributed by atoms with E-state index in [1.54, 1.807) is 4.68 Å². The quantitative estimate of drug-likeness (QED) is 0.389. The van der Waals surface area contributed by atoms with Crippen LogP contribution in [0.1, 0.15) is 18.4 Å². The number of anilines is 1. The van der Waals surface area contributed by atoms with Gasteiger partial charge in [-0.2, -0.15) is 10.4 Å². The third-order valence-electron chi connectivity index (χ3n) is 7.15. The fraction of sp³-hybridized carbons (Fsp3) is 0.296. The van der Waals surface area contributed by atoms with Gasteiger partial charge in [0.15, 0.2) is 5.65 Å². The Morgan fingerprint density at radius 3 is 2.50 bits per heavy atom. The lowest BCUT2D eigenvalue weighted by molar-refractivity contribution is 0.249. The molecule has 180 valence electrons. The predicted molar refractivity (Wildman–Crippen MR) is 140 cm³/mol. The molecule has 36 heavy (non-hydrogen) atoms. The molecule has 1 fully saturated rings. The maximum atomic E-state index is 9.32. The molecule has 0 atom stereocenters. The normalized spacial score (nSPS) is 14.7. The molecular formula is C27H27N9. The fourth-order valence-electron chi connectivity index (χ4n) is 5.13. The van der Waals surface area contributed by atoms with Gasteiger partial charge >= 0.3 is 0 Å². The molecule has 1 saturated heterocycles. The smallest absolute Gasteiger partial charge is 0.211 e. The molecule has 1 aliphatic heterocycles. The molecule has 0 radical (unpaired) electrons. The summed E-state index contributed by atoms with van der Waals surface area (Å²) in [6, 6.07) is 12.5. The Balaban J connectivity index is 1.55. The first-order valence-corrected chi connectivity index (χ1v) is 12.1. The Morgan fingerprint density at radius 1 is 1.00 bits per heavy atom. The van der Waals surface area contributed by atoms with Gasteiger partial charge in [0.25, 0.3) is 0 Å². The van der Waals surface area contributed by atoms with Gasteiger partial charge in [-0.25, -0.2) is 15.0 Å². The van der Waals surface area contributed by atoms with Crippen molar-refractivity contribution in [3.63, 3.8) is 0 Å². The Morgan fingerprint density at radius 2 is 1.78 bits per heavy atom. The van der Waals surface area contributed by atoms with E-state index in [1.165, 1.54) is 0 Å². The van der Waals surface area contributed by atoms with Gasteiger partial charge in [0.05, 0.1) is 29.1 Å². The molecule has 0 bridgehead atoms. The van der Waals surface area contributed by atoms with Crippen LogP contribution >= 0.6 is 0 Å². The Bertz CT molecular complexity index is 1600. The van der Waals surface area contributed by atoms with E-state index in [9.17, 15) is 5.26 Å². The number of aryl methyl sites for hydroxylation is 1. The van der Waals surface area contributed by atoms with Crippen molar-refractivity contribution in [2.45, 2.75) is 18.9 Å². The van der Waals surface area contributed by atoms with E-state index in [-0.39, 0.29) is 0 Å². The second-order valence-corrected chi connectivity index (χ2v) is 9.53. The molecule has 1 aliphatic rings. The summed E-state index contributed by atoms with van der Waals surface area (Å²) in [6.45, 7) is 1.86. The van der Waals surface area contributed by atoms with Crippen LogP contribution in [0.2, 0.25) is 0 Å². The van der Waals surface area contributed by atoms with Gasteiger partial charge in [-0.05, 0) is 45.1 Å². The summed E-state index contributed by atoms with van der Waals surface area (Å²) in [6.07, 6.45) is 9.67. The lowest BCUT2D eigenvalue weighted by Gasteiger charge is -2.36. The monoisotopic (exact) mass is 477 g/mol. The molecule has 6 rings (SSSR count). The number of rotatable bonds is 4. The lowest BCUT2D eigenvalue weighted by atomic mass is 9.99. The summed E-state index contributed by atoms with van der Waals surface area (Å²) >= 11 is 0. The van der Waals surface area contributed by atoms with Crippen molar-refractivity contribution >= 4 is 22.6 Å². The van der Waals surface area contributed by atoms with Crippen LogP contribution in [-0.2, 0) is 7.05 Å². The molecule has 0 N–H and O–H groups in total. The third-order valence-corrected chi connectivity index (χ3v) is 7.15. The second-order valence-electron chi connectivity index (χ2n) is 9.53. The number of fused-ring (bicyclic) bond motifs is 2. The van der Waals surface area contributed by atoms with Crippen LogP contribution in [0, 0.1) is 11.3 Å². The van der Waals surface area contributed by atoms with Gasteiger partial charge < -0.3 is 9.80 Å². The lowest BCUT2D eigenvalue weighted by Crippen LogP contribution is -2.43. The summed E-state index contributed by atoms with van der Waals surface area (Å²) in [7, 11) is 6.19. The molecule has 1 aromatic carbocycles. The maximum absolute atomic E-state index is 9.32. The van der Waals surface area contributed by atoms with Gasteiger partial charge in [0, 0.05) is 61.3 Å². The standard InChI is InChI=1S/C27H27N9/c1-33(2)22-8-11-35(12-9-22)27-32-24(19-6-4-18(15-28)5-7-19)23(26-29-10-13-36(26)27)20-14-21-17-31-34(3)25(21)30-16-20/h4-7,10,13-14,16-17,22H,8-9,11-12H2,1-3H3. The van der Waals surface area contributed by atoms with E-state index in [2.05, 4.69) is 50.5 Å². The first-order valence-electron chi connectivity index (χ1n) is 12.1. The molecular weight excluding hydrogens is 450 g/mol. The molecule has 0 spiro atoms. The third kappa shape index (κ3) is 3.67. The molecule has 4 aromatic heterocycles. The van der Waals surface area contributed by atoms with E-state index in [0.717, 1.165) is 70.9 Å². The number of benzene rings is 1. The van der Waals surface area contributed by atoms with E-state index < -0.39 is 0 Å². The van der Waals surface area contributed by atoms with Crippen molar-refractivity contribution in [2.75, 3.05) is 32.1 Å². The van der Waals surface area contributed by atoms with E-state index in [4.69, 9.17) is 9.97 Å². The summed E-state index contributed by atoms with van der Waals surface area (Å²) < 4.78 is 3.86. The number of nitriles is 1. The van der Waals surface area contributed by atoms with E-state index >= 15 is 0 Å². The summed E-state index contributed by atoms with van der Waals surface area (Å²) in [5.74, 6) is 0.887. The highest BCUT2D eigenvalue weighted by molar-refractivity contribution is 5.93. The van der Waals surface area contributed by atoms with Crippen molar-refractivity contribution < 1.29 is 0 Å². The van der Waals surface area contributed by atoms with Crippen molar-refractivity contribution in [1.29, 1.82) is 5.26 Å². The second kappa shape index (κ2) is 8.73. The minimum atomic E-state index is 0.578. The molecule has 0 unspecified atom stereocenters. The minimum Gasteiger partial charge on any atom is -0.342 e. The topological polar surface area (TPSA) is 91.2 Å². The van der Waals surface area contributed by atoms with Gasteiger partial charge in [0.2, 0.25) is 5.95 Å². The van der Waals surface area contributed by atoms with Gasteiger partial charge in [-0.3, -0.25) is 9.08 Å². The van der Waals surface area contributed by atoms with Crippen molar-refractivity contribution in [1.82, 2.24) is 34.0 Å². The SMILES string of the molecule is CN(C)C1CCN(c2nc(-c3ccc(C#N)cc3)c(-c3cnc4c(cnn4C)c3)c3nccn23)CC1. The number of nitrogens with zero attached hydrogens (tertiary/aromatic N) is 9. The van der Waals surface area contributed by atoms with E-state index in [0.29, 0.717) is 11.6 Å². The minimum absolute atomic E-state index is 0.578. The van der Waals surface area contributed by atoms with Crippen LogP contribution in [0.4, 0.5) is 5.95 Å². The number of piperidine rings is 1. The fourth-order valence-corrected chi connectivity index (χ4v) is 5.13. The van der Waals surface area contributed by atoms with Crippen LogP contribution in [0.15, 0.2) is 55.1 Å². The molecule has 0 saturated carbocycles. The van der Waals surface area contributed by atoms with Crippen molar-refractivity contribution in [3.05, 3.63) is 60.7 Å². The molecule has 5 heterocycles. The van der Waals surface area contributed by atoms with Crippen LogP contribution in [-0.4, -0.2) is 67.3 Å². The molecule has 9 heteroatoms. The molecule has 0 amide bonds. The first-order chi connectivity index (χ1) is 17.5. The van der Waals surface area contributed by atoms with Gasteiger partial charge in [-0.15, -0.1) is 0 Å². The van der Waals surface area contributed by atoms with Crippen molar-refractivity contribution in [2.24, 2.45) is 7.05 Å². The van der Waals surface area contributed by atoms with Crippen LogP contribution in [0.5, 0.6) is 0 Å². The van der Waals surface area contributed by atoms with Crippen LogP contribution in [0.3, 0.4) is 0 Å². The largest absolute Gasteiger partial charge is 0.342 e. The van der Waals surface area contributed by atoms with Gasteiger partial charge in [-0.1, -0.05) is 12.1 Å². The molecule has 5 aromatic rings. The highest BCUT2D eigenvalue weighted by atomic mass is 15.3. The average molecular weight is 478 g/mol. The zero-order valence-electron chi connectivity index (χ0n) is 20.6. The Hall–Kier alpha value is -4.29. The summed E-state index contributed by atoms with van der Waals surface area (Å²) in [5.41, 5.74) is 5.88. The number of pyridine rings is 1. The first kappa shape index (κ1) is 22.2. The zero-order valence-corrected chi connectivity index (χ0v) is 20.6. The van der Waals surface area contributed by atoms with Gasteiger partial charge in [0.1, 0.15) is 5.65 Å². The van der Waals surface area contributed by atoms with Crippen LogP contribution in [0.25, 0.3) is 39.1 Å². The number of imidazole rings is 1. The number of hydrogen-bond donors (Lipinski definition) is 0. The number of aromatic nitrogens is 6. The van der Waals surface area contributed by atoms with Crippen LogP contribution < -0.4 is 4.90 Å². The predicted octanol–water partition coefficient (Wildman–Crippen LogP) is 3.75. The molecule has 9 nitrogen and oxygen atoms in total. The highest BCUT2D eigenvalue weighted by Crippen LogP contribution is 2.37. The number of hydrogen-bond acceptors (Lipinski definition) is 7. The zero-order chi connectivity index (χ0) is 24.8. The average Bonchev–Trinajstić information content (AvgIpc) is 3.54. The maximum Gasteiger partial charge on any atom is 0.211 e. The van der Waals surface area contributed by atoms with E-state index in [1.807, 2.05) is 56.1 Å². The molecule has 0 aliphatic carbocycles.